The predicted octanol–water partition coefficient (Wildman–Crippen LogP) is 2.59. The molecule has 0 amide bonds. The van der Waals surface area contributed by atoms with Crippen LogP contribution in [0.1, 0.15) is 16.7 Å². The van der Waals surface area contributed by atoms with Crippen LogP contribution in [-0.4, -0.2) is 15.5 Å². The van der Waals surface area contributed by atoms with Crippen LogP contribution in [-0.2, 0) is 16.6 Å². The minimum atomic E-state index is -3.60. The summed E-state index contributed by atoms with van der Waals surface area (Å²) in [6.07, 6.45) is 0. The molecule has 0 saturated carbocycles. The summed E-state index contributed by atoms with van der Waals surface area (Å²) in [5, 5.41) is 0. The van der Waals surface area contributed by atoms with Crippen molar-refractivity contribution in [2.24, 2.45) is 5.73 Å². The van der Waals surface area contributed by atoms with Gasteiger partial charge in [-0.05, 0) is 42.7 Å². The van der Waals surface area contributed by atoms with Gasteiger partial charge in [0.1, 0.15) is 0 Å². The second-order valence-corrected chi connectivity index (χ2v) is 7.00. The Balaban J connectivity index is 2.54. The Morgan fingerprint density at radius 2 is 1.71 bits per heavy atom. The van der Waals surface area contributed by atoms with Gasteiger partial charge in [0.25, 0.3) is 10.0 Å². The van der Waals surface area contributed by atoms with Crippen LogP contribution in [0.2, 0.25) is 0 Å². The standard InChI is InChI=1S/C16H20N2O2S/c1-12-6-4-5-7-15(12)18(3)21(19,20)16-10-14(11-17)9-8-13(16)2/h4-10H,11,17H2,1-3H3. The molecular weight excluding hydrogens is 284 g/mol. The fourth-order valence-electron chi connectivity index (χ4n) is 2.24. The van der Waals surface area contributed by atoms with Gasteiger partial charge in [0.15, 0.2) is 0 Å². The summed E-state index contributed by atoms with van der Waals surface area (Å²) in [6.45, 7) is 4.00. The second kappa shape index (κ2) is 5.87. The normalized spacial score (nSPS) is 11.4. The SMILES string of the molecule is Cc1ccccc1N(C)S(=O)(=O)c1cc(CN)ccc1C. The van der Waals surface area contributed by atoms with Gasteiger partial charge in [-0.25, -0.2) is 8.42 Å². The van der Waals surface area contributed by atoms with Crippen molar-refractivity contribution in [3.8, 4) is 0 Å². The number of nitrogens with zero attached hydrogens (tertiary/aromatic N) is 1. The summed E-state index contributed by atoms with van der Waals surface area (Å²) in [5.74, 6) is 0. The van der Waals surface area contributed by atoms with Crippen molar-refractivity contribution in [1.82, 2.24) is 0 Å². The molecule has 2 rings (SSSR count). The summed E-state index contributed by atoms with van der Waals surface area (Å²) in [4.78, 5) is 0.302. The molecule has 0 aliphatic heterocycles. The topological polar surface area (TPSA) is 63.4 Å². The Morgan fingerprint density at radius 3 is 2.33 bits per heavy atom. The van der Waals surface area contributed by atoms with Gasteiger partial charge in [0, 0.05) is 13.6 Å². The molecule has 0 unspecified atom stereocenters. The lowest BCUT2D eigenvalue weighted by Gasteiger charge is -2.22. The third-order valence-electron chi connectivity index (χ3n) is 3.58. The molecule has 0 aliphatic carbocycles. The van der Waals surface area contributed by atoms with Crippen molar-refractivity contribution in [1.29, 1.82) is 0 Å². The van der Waals surface area contributed by atoms with Crippen LogP contribution in [0.3, 0.4) is 0 Å². The van der Waals surface area contributed by atoms with E-state index in [1.165, 1.54) is 4.31 Å². The van der Waals surface area contributed by atoms with Crippen molar-refractivity contribution < 1.29 is 8.42 Å². The highest BCUT2D eigenvalue weighted by atomic mass is 32.2. The summed E-state index contributed by atoms with van der Waals surface area (Å²) < 4.78 is 27.0. The van der Waals surface area contributed by atoms with E-state index in [4.69, 9.17) is 5.73 Å². The summed E-state index contributed by atoms with van der Waals surface area (Å²) >= 11 is 0. The molecule has 0 spiro atoms. The van der Waals surface area contributed by atoms with Gasteiger partial charge in [-0.1, -0.05) is 30.3 Å². The fraction of sp³-hybridized carbons (Fsp3) is 0.250. The molecule has 5 heteroatoms. The van der Waals surface area contributed by atoms with E-state index in [0.717, 1.165) is 11.1 Å². The van der Waals surface area contributed by atoms with Gasteiger partial charge in [-0.2, -0.15) is 0 Å². The first-order chi connectivity index (χ1) is 9.87. The van der Waals surface area contributed by atoms with Crippen molar-refractivity contribution in [2.75, 3.05) is 11.4 Å². The number of hydrogen-bond donors (Lipinski definition) is 1. The van der Waals surface area contributed by atoms with E-state index in [2.05, 4.69) is 0 Å². The highest BCUT2D eigenvalue weighted by Gasteiger charge is 2.24. The third kappa shape index (κ3) is 2.94. The quantitative estimate of drug-likeness (QED) is 0.944. The number of nitrogens with two attached hydrogens (primary N) is 1. The first-order valence-corrected chi connectivity index (χ1v) is 8.16. The number of aryl methyl sites for hydroxylation is 2. The number of para-hydroxylation sites is 1. The first-order valence-electron chi connectivity index (χ1n) is 6.72. The molecule has 2 N–H and O–H groups in total. The van der Waals surface area contributed by atoms with Crippen LogP contribution < -0.4 is 10.0 Å². The molecule has 21 heavy (non-hydrogen) atoms. The number of rotatable bonds is 4. The van der Waals surface area contributed by atoms with Crippen LogP contribution in [0.25, 0.3) is 0 Å². The Morgan fingerprint density at radius 1 is 1.05 bits per heavy atom. The monoisotopic (exact) mass is 304 g/mol. The summed E-state index contributed by atoms with van der Waals surface area (Å²) in [5.41, 5.74) is 8.72. The van der Waals surface area contributed by atoms with E-state index >= 15 is 0 Å². The molecule has 0 saturated heterocycles. The number of benzene rings is 2. The molecule has 0 bridgehead atoms. The summed E-state index contributed by atoms with van der Waals surface area (Å²) in [7, 11) is -2.02. The number of anilines is 1. The number of sulfonamides is 1. The second-order valence-electron chi connectivity index (χ2n) is 5.06. The minimum Gasteiger partial charge on any atom is -0.326 e. The van der Waals surface area contributed by atoms with Crippen LogP contribution in [0.4, 0.5) is 5.69 Å². The molecule has 0 aliphatic rings. The van der Waals surface area contributed by atoms with Gasteiger partial charge in [-0.3, -0.25) is 4.31 Å². The molecule has 4 nitrogen and oxygen atoms in total. The van der Waals surface area contributed by atoms with Crippen LogP contribution in [0.15, 0.2) is 47.4 Å². The smallest absolute Gasteiger partial charge is 0.264 e. The van der Waals surface area contributed by atoms with Crippen LogP contribution in [0.5, 0.6) is 0 Å². The molecule has 0 heterocycles. The highest BCUT2D eigenvalue weighted by molar-refractivity contribution is 7.92. The lowest BCUT2D eigenvalue weighted by Crippen LogP contribution is -2.28. The van der Waals surface area contributed by atoms with Crippen molar-refractivity contribution >= 4 is 15.7 Å². The zero-order chi connectivity index (χ0) is 15.6. The maximum absolute atomic E-state index is 12.9. The molecular formula is C16H20N2O2S. The van der Waals surface area contributed by atoms with E-state index < -0.39 is 10.0 Å². The van der Waals surface area contributed by atoms with E-state index in [0.29, 0.717) is 22.7 Å². The molecule has 2 aromatic rings. The van der Waals surface area contributed by atoms with Crippen molar-refractivity contribution in [3.63, 3.8) is 0 Å². The first kappa shape index (κ1) is 15.5. The molecule has 0 fully saturated rings. The third-order valence-corrected chi connectivity index (χ3v) is 5.49. The van der Waals surface area contributed by atoms with E-state index in [9.17, 15) is 8.42 Å². The molecule has 0 atom stereocenters. The number of hydrogen-bond acceptors (Lipinski definition) is 3. The maximum Gasteiger partial charge on any atom is 0.264 e. The Kier molecular flexibility index (Phi) is 4.34. The van der Waals surface area contributed by atoms with E-state index in [-0.39, 0.29) is 0 Å². The van der Waals surface area contributed by atoms with Crippen LogP contribution in [0, 0.1) is 13.8 Å². The summed E-state index contributed by atoms with van der Waals surface area (Å²) in [6, 6.07) is 12.7. The van der Waals surface area contributed by atoms with Gasteiger partial charge in [0.2, 0.25) is 0 Å². The zero-order valence-corrected chi connectivity index (χ0v) is 13.3. The largest absolute Gasteiger partial charge is 0.326 e. The Hall–Kier alpha value is -1.85. The van der Waals surface area contributed by atoms with E-state index in [1.54, 1.807) is 32.2 Å². The van der Waals surface area contributed by atoms with Gasteiger partial charge >= 0.3 is 0 Å². The maximum atomic E-state index is 12.9. The molecule has 112 valence electrons. The van der Waals surface area contributed by atoms with Gasteiger partial charge in [0.05, 0.1) is 10.6 Å². The van der Waals surface area contributed by atoms with Crippen molar-refractivity contribution in [3.05, 3.63) is 59.2 Å². The highest BCUT2D eigenvalue weighted by Crippen LogP contribution is 2.27. The minimum absolute atomic E-state index is 0.302. The van der Waals surface area contributed by atoms with Gasteiger partial charge in [-0.15, -0.1) is 0 Å². The predicted molar refractivity (Wildman–Crippen MR) is 85.8 cm³/mol. The Labute approximate surface area is 126 Å². The average molecular weight is 304 g/mol. The van der Waals surface area contributed by atoms with Gasteiger partial charge < -0.3 is 5.73 Å². The molecule has 2 aromatic carbocycles. The average Bonchev–Trinajstić information content (AvgIpc) is 2.47. The zero-order valence-electron chi connectivity index (χ0n) is 12.5. The fourth-order valence-corrected chi connectivity index (χ4v) is 3.78. The lowest BCUT2D eigenvalue weighted by atomic mass is 10.1. The van der Waals surface area contributed by atoms with Crippen LogP contribution >= 0.6 is 0 Å². The van der Waals surface area contributed by atoms with E-state index in [1.807, 2.05) is 31.2 Å². The molecule has 0 aromatic heterocycles. The Bertz CT molecular complexity index is 755. The lowest BCUT2D eigenvalue weighted by molar-refractivity contribution is 0.593. The van der Waals surface area contributed by atoms with Crippen molar-refractivity contribution in [2.45, 2.75) is 25.3 Å². The molecule has 0 radical (unpaired) electrons.